The number of ether oxygens (including phenoxy) is 4. The summed E-state index contributed by atoms with van der Waals surface area (Å²) in [7, 11) is 0. The predicted molar refractivity (Wildman–Crippen MR) is 135 cm³/mol. The van der Waals surface area contributed by atoms with Gasteiger partial charge >= 0.3 is 6.03 Å². The molecule has 190 valence electrons. The van der Waals surface area contributed by atoms with Crippen LogP contribution in [0.3, 0.4) is 0 Å². The van der Waals surface area contributed by atoms with Gasteiger partial charge in [0.15, 0.2) is 23.0 Å². The zero-order valence-electron chi connectivity index (χ0n) is 20.2. The lowest BCUT2D eigenvalue weighted by atomic mass is 10.1. The van der Waals surface area contributed by atoms with Crippen LogP contribution in [-0.4, -0.2) is 31.2 Å². The molecule has 0 spiro atoms. The van der Waals surface area contributed by atoms with Crippen LogP contribution in [0, 0.1) is 11.3 Å². The number of benzene rings is 3. The minimum atomic E-state index is -0.868. The highest BCUT2D eigenvalue weighted by molar-refractivity contribution is 6.39. The van der Waals surface area contributed by atoms with Gasteiger partial charge in [0.05, 0.1) is 23.9 Å². The molecule has 1 fully saturated rings. The monoisotopic (exact) mass is 511 g/mol. The molecule has 0 saturated carbocycles. The number of hydrogen-bond donors (Lipinski definition) is 1. The van der Waals surface area contributed by atoms with Gasteiger partial charge < -0.3 is 18.9 Å². The molecule has 0 atom stereocenters. The van der Waals surface area contributed by atoms with E-state index < -0.39 is 17.8 Å². The van der Waals surface area contributed by atoms with Crippen LogP contribution in [0.25, 0.3) is 6.08 Å². The topological polar surface area (TPSA) is 127 Å². The normalized spacial score (nSPS) is 15.3. The van der Waals surface area contributed by atoms with Gasteiger partial charge in [-0.2, -0.15) is 5.26 Å². The number of carbonyl (C=O) groups excluding carboxylic acids is 3. The lowest BCUT2D eigenvalue weighted by Crippen LogP contribution is -2.54. The SMILES string of the molecule is CCOc1cc(/C=C2\C(=O)NC(=O)N(c3ccc4c(c3)OCO4)C2=O)ccc1OCc1ccccc1C#N. The summed E-state index contributed by atoms with van der Waals surface area (Å²) in [5.41, 5.74) is 1.71. The number of fused-ring (bicyclic) bond motifs is 1. The molecule has 0 unspecified atom stereocenters. The summed E-state index contributed by atoms with van der Waals surface area (Å²) in [6, 6.07) is 17.9. The van der Waals surface area contributed by atoms with E-state index in [2.05, 4.69) is 11.4 Å². The molecule has 2 heterocycles. The van der Waals surface area contributed by atoms with E-state index >= 15 is 0 Å². The summed E-state index contributed by atoms with van der Waals surface area (Å²) in [6.07, 6.45) is 1.38. The van der Waals surface area contributed by atoms with E-state index in [0.717, 1.165) is 10.5 Å². The highest BCUT2D eigenvalue weighted by Crippen LogP contribution is 2.37. The number of nitriles is 1. The minimum Gasteiger partial charge on any atom is -0.490 e. The highest BCUT2D eigenvalue weighted by Gasteiger charge is 2.37. The number of urea groups is 1. The van der Waals surface area contributed by atoms with Crippen molar-refractivity contribution in [3.05, 3.63) is 82.9 Å². The van der Waals surface area contributed by atoms with Gasteiger partial charge in [0.2, 0.25) is 6.79 Å². The van der Waals surface area contributed by atoms with Crippen molar-refractivity contribution in [3.63, 3.8) is 0 Å². The van der Waals surface area contributed by atoms with Crippen molar-refractivity contribution >= 4 is 29.6 Å². The molecule has 0 radical (unpaired) electrons. The van der Waals surface area contributed by atoms with Gasteiger partial charge in [0.25, 0.3) is 11.8 Å². The minimum absolute atomic E-state index is 0.0370. The van der Waals surface area contributed by atoms with Crippen molar-refractivity contribution in [1.29, 1.82) is 5.26 Å². The van der Waals surface area contributed by atoms with Crippen LogP contribution < -0.4 is 29.2 Å². The Labute approximate surface area is 217 Å². The fraction of sp³-hybridized carbons (Fsp3) is 0.143. The van der Waals surface area contributed by atoms with E-state index in [0.29, 0.717) is 40.7 Å². The zero-order valence-corrected chi connectivity index (χ0v) is 20.2. The van der Waals surface area contributed by atoms with Crippen molar-refractivity contribution < 1.29 is 33.3 Å². The van der Waals surface area contributed by atoms with Crippen molar-refractivity contribution in [1.82, 2.24) is 5.32 Å². The zero-order chi connectivity index (χ0) is 26.6. The quantitative estimate of drug-likeness (QED) is 0.373. The maximum atomic E-state index is 13.3. The third-order valence-corrected chi connectivity index (χ3v) is 5.82. The van der Waals surface area contributed by atoms with Crippen LogP contribution in [0.5, 0.6) is 23.0 Å². The first-order chi connectivity index (χ1) is 18.5. The van der Waals surface area contributed by atoms with Gasteiger partial charge in [0, 0.05) is 11.6 Å². The second-order valence-corrected chi connectivity index (χ2v) is 8.19. The first kappa shape index (κ1) is 24.4. The molecular weight excluding hydrogens is 490 g/mol. The van der Waals surface area contributed by atoms with Crippen molar-refractivity contribution in [2.45, 2.75) is 13.5 Å². The van der Waals surface area contributed by atoms with Crippen molar-refractivity contribution in [2.24, 2.45) is 0 Å². The molecule has 1 N–H and O–H groups in total. The molecule has 0 bridgehead atoms. The number of hydrogen-bond acceptors (Lipinski definition) is 8. The molecule has 1 saturated heterocycles. The van der Waals surface area contributed by atoms with Crippen LogP contribution in [0.2, 0.25) is 0 Å². The Morgan fingerprint density at radius 3 is 2.63 bits per heavy atom. The van der Waals surface area contributed by atoms with E-state index in [-0.39, 0.29) is 24.7 Å². The fourth-order valence-electron chi connectivity index (χ4n) is 4.00. The Kier molecular flexibility index (Phi) is 6.65. The number of rotatable bonds is 7. The Morgan fingerprint density at radius 1 is 1.00 bits per heavy atom. The molecule has 0 aromatic heterocycles. The molecule has 3 aromatic rings. The number of nitrogens with one attached hydrogen (secondary N) is 1. The molecular formula is C28H21N3O7. The number of barbiturate groups is 1. The van der Waals surface area contributed by atoms with Crippen LogP contribution in [0.1, 0.15) is 23.6 Å². The second kappa shape index (κ2) is 10.4. The lowest BCUT2D eigenvalue weighted by Gasteiger charge is -2.26. The van der Waals surface area contributed by atoms with Gasteiger partial charge in [-0.25, -0.2) is 9.69 Å². The second-order valence-electron chi connectivity index (χ2n) is 8.19. The van der Waals surface area contributed by atoms with Gasteiger partial charge in [-0.1, -0.05) is 24.3 Å². The summed E-state index contributed by atoms with van der Waals surface area (Å²) in [5, 5.41) is 11.5. The summed E-state index contributed by atoms with van der Waals surface area (Å²) >= 11 is 0. The molecule has 3 aromatic carbocycles. The number of nitrogens with zero attached hydrogens (tertiary/aromatic N) is 2. The van der Waals surface area contributed by atoms with Gasteiger partial charge in [0.1, 0.15) is 12.2 Å². The Bertz CT molecular complexity index is 1520. The maximum absolute atomic E-state index is 13.3. The first-order valence-corrected chi connectivity index (χ1v) is 11.7. The summed E-state index contributed by atoms with van der Waals surface area (Å²) in [4.78, 5) is 39.3. The Morgan fingerprint density at radius 2 is 1.82 bits per heavy atom. The Hall–Kier alpha value is -5.30. The highest BCUT2D eigenvalue weighted by atomic mass is 16.7. The molecule has 2 aliphatic heterocycles. The number of imide groups is 2. The number of amides is 4. The Balaban J connectivity index is 1.42. The third-order valence-electron chi connectivity index (χ3n) is 5.82. The van der Waals surface area contributed by atoms with Crippen molar-refractivity contribution in [2.75, 3.05) is 18.3 Å². The summed E-state index contributed by atoms with van der Waals surface area (Å²) < 4.78 is 22.2. The van der Waals surface area contributed by atoms with E-state index in [1.807, 2.05) is 13.0 Å². The predicted octanol–water partition coefficient (Wildman–Crippen LogP) is 3.93. The van der Waals surface area contributed by atoms with E-state index in [1.54, 1.807) is 42.5 Å². The summed E-state index contributed by atoms with van der Waals surface area (Å²) in [6.45, 7) is 2.34. The van der Waals surface area contributed by atoms with Crippen LogP contribution in [0.4, 0.5) is 10.5 Å². The third kappa shape index (κ3) is 4.73. The van der Waals surface area contributed by atoms with Gasteiger partial charge in [-0.15, -0.1) is 0 Å². The van der Waals surface area contributed by atoms with Gasteiger partial charge in [-0.05, 0) is 48.9 Å². The fourth-order valence-corrected chi connectivity index (χ4v) is 4.00. The van der Waals surface area contributed by atoms with E-state index in [1.165, 1.54) is 18.2 Å². The van der Waals surface area contributed by atoms with Crippen LogP contribution in [0.15, 0.2) is 66.2 Å². The standard InChI is InChI=1S/C28H21N3O7/c1-2-35-24-12-17(7-9-22(24)36-15-19-6-4-3-5-18(19)14-29)11-21-26(32)30-28(34)31(27(21)33)20-8-10-23-25(13-20)38-16-37-23/h3-13H,2,15-16H2,1H3,(H,30,32,34)/b21-11+. The largest absolute Gasteiger partial charge is 0.490 e. The van der Waals surface area contributed by atoms with Gasteiger partial charge in [-0.3, -0.25) is 14.9 Å². The molecule has 10 heteroatoms. The molecule has 2 aliphatic rings. The number of carbonyl (C=O) groups is 3. The molecule has 0 aliphatic carbocycles. The summed E-state index contributed by atoms with van der Waals surface area (Å²) in [5.74, 6) is 0.0987. The smallest absolute Gasteiger partial charge is 0.335 e. The maximum Gasteiger partial charge on any atom is 0.335 e. The lowest BCUT2D eigenvalue weighted by molar-refractivity contribution is -0.122. The average Bonchev–Trinajstić information content (AvgIpc) is 3.39. The average molecular weight is 511 g/mol. The first-order valence-electron chi connectivity index (χ1n) is 11.7. The molecule has 4 amide bonds. The molecule has 38 heavy (non-hydrogen) atoms. The van der Waals surface area contributed by atoms with E-state index in [9.17, 15) is 19.6 Å². The molecule has 5 rings (SSSR count). The molecule has 10 nitrogen and oxygen atoms in total. The number of anilines is 1. The van der Waals surface area contributed by atoms with Crippen molar-refractivity contribution in [3.8, 4) is 29.1 Å². The van der Waals surface area contributed by atoms with Crippen LogP contribution in [-0.2, 0) is 16.2 Å². The van der Waals surface area contributed by atoms with E-state index in [4.69, 9.17) is 18.9 Å². The van der Waals surface area contributed by atoms with Crippen LogP contribution >= 0.6 is 0 Å².